The normalized spacial score (nSPS) is 13.6. The van der Waals surface area contributed by atoms with E-state index in [1.54, 1.807) is 22.1 Å². The molecule has 6 rings (SSSR count). The highest BCUT2D eigenvalue weighted by atomic mass is 32.1. The number of para-hydroxylation sites is 1. The summed E-state index contributed by atoms with van der Waals surface area (Å²) >= 11 is 1.59. The molecule has 0 fully saturated rings. The van der Waals surface area contributed by atoms with Gasteiger partial charge in [-0.3, -0.25) is 4.79 Å². The average molecular weight is 429 g/mol. The fourth-order valence-electron chi connectivity index (χ4n) is 4.24. The van der Waals surface area contributed by atoms with Crippen molar-refractivity contribution in [1.29, 1.82) is 0 Å². The Morgan fingerprint density at radius 1 is 1.10 bits per heavy atom. The van der Waals surface area contributed by atoms with E-state index in [-0.39, 0.29) is 11.7 Å². The van der Waals surface area contributed by atoms with Crippen LogP contribution in [-0.4, -0.2) is 20.7 Å². The van der Waals surface area contributed by atoms with Gasteiger partial charge in [0.1, 0.15) is 11.4 Å². The maximum absolute atomic E-state index is 12.9. The largest absolute Gasteiger partial charge is 0.451 e. The van der Waals surface area contributed by atoms with Gasteiger partial charge < -0.3 is 9.73 Å². The predicted octanol–water partition coefficient (Wildman–Crippen LogP) is 5.67. The van der Waals surface area contributed by atoms with Crippen molar-refractivity contribution in [3.05, 3.63) is 71.1 Å². The molecule has 0 unspecified atom stereocenters. The molecule has 0 radical (unpaired) electrons. The van der Waals surface area contributed by atoms with Gasteiger partial charge in [0, 0.05) is 11.5 Å². The number of furan rings is 1. The Balaban J connectivity index is 1.36. The summed E-state index contributed by atoms with van der Waals surface area (Å²) < 4.78 is 8.56. The lowest BCUT2D eigenvalue weighted by atomic mass is 9.92. The fourth-order valence-corrected chi connectivity index (χ4v) is 5.22. The van der Waals surface area contributed by atoms with E-state index in [2.05, 4.69) is 22.5 Å². The standard InChI is InChI=1S/C24H20N4O2S/c1-14-10-22(26-23(29)20-12-17-8-4-5-9-19(17)30-20)28(27-14)24-25-18-11-15-6-2-3-7-16(15)13-21(18)31-24/h4-5,8-13H,2-3,6-7H2,1H3,(H,26,29). The van der Waals surface area contributed by atoms with Crippen LogP contribution in [0.2, 0.25) is 0 Å². The van der Waals surface area contributed by atoms with E-state index in [0.717, 1.165) is 39.3 Å². The molecule has 1 N–H and O–H groups in total. The van der Waals surface area contributed by atoms with E-state index in [9.17, 15) is 4.79 Å². The summed E-state index contributed by atoms with van der Waals surface area (Å²) in [6.07, 6.45) is 4.75. The first-order valence-electron chi connectivity index (χ1n) is 10.4. The van der Waals surface area contributed by atoms with Gasteiger partial charge in [-0.1, -0.05) is 29.5 Å². The molecular formula is C24H20N4O2S. The molecule has 0 atom stereocenters. The van der Waals surface area contributed by atoms with E-state index < -0.39 is 0 Å². The molecule has 0 saturated heterocycles. The van der Waals surface area contributed by atoms with Crippen LogP contribution in [0.5, 0.6) is 0 Å². The number of hydrogen-bond donors (Lipinski definition) is 1. The lowest BCUT2D eigenvalue weighted by Gasteiger charge is -2.14. The van der Waals surface area contributed by atoms with Crippen molar-refractivity contribution >= 4 is 44.2 Å². The number of aryl methyl sites for hydroxylation is 3. The molecule has 2 aromatic carbocycles. The van der Waals surface area contributed by atoms with Crippen molar-refractivity contribution < 1.29 is 9.21 Å². The Hall–Kier alpha value is -3.45. The molecule has 3 heterocycles. The van der Waals surface area contributed by atoms with Crippen LogP contribution < -0.4 is 5.32 Å². The lowest BCUT2D eigenvalue weighted by molar-refractivity contribution is 0.0998. The summed E-state index contributed by atoms with van der Waals surface area (Å²) in [4.78, 5) is 17.7. The molecular weight excluding hydrogens is 408 g/mol. The second kappa shape index (κ2) is 7.06. The zero-order valence-electron chi connectivity index (χ0n) is 17.0. The van der Waals surface area contributed by atoms with Crippen molar-refractivity contribution in [3.8, 4) is 5.13 Å². The van der Waals surface area contributed by atoms with Gasteiger partial charge in [-0.15, -0.1) is 0 Å². The maximum Gasteiger partial charge on any atom is 0.292 e. The molecule has 1 aliphatic rings. The molecule has 0 spiro atoms. The summed E-state index contributed by atoms with van der Waals surface area (Å²) in [5.41, 5.74) is 5.32. The number of benzene rings is 2. The minimum atomic E-state index is -0.311. The number of fused-ring (bicyclic) bond motifs is 3. The zero-order chi connectivity index (χ0) is 20.9. The summed E-state index contributed by atoms with van der Waals surface area (Å²) in [7, 11) is 0. The first-order valence-corrected chi connectivity index (χ1v) is 11.2. The number of nitrogens with zero attached hydrogens (tertiary/aromatic N) is 3. The van der Waals surface area contributed by atoms with Gasteiger partial charge in [0.2, 0.25) is 5.13 Å². The van der Waals surface area contributed by atoms with Crippen LogP contribution in [0.4, 0.5) is 5.82 Å². The topological polar surface area (TPSA) is 73.0 Å². The molecule has 7 heteroatoms. The monoisotopic (exact) mass is 428 g/mol. The van der Waals surface area contributed by atoms with Crippen LogP contribution in [-0.2, 0) is 12.8 Å². The molecule has 1 amide bonds. The Morgan fingerprint density at radius 2 is 1.90 bits per heavy atom. The molecule has 0 saturated carbocycles. The van der Waals surface area contributed by atoms with Crippen LogP contribution >= 0.6 is 11.3 Å². The van der Waals surface area contributed by atoms with Gasteiger partial charge >= 0.3 is 0 Å². The summed E-state index contributed by atoms with van der Waals surface area (Å²) in [6.45, 7) is 1.90. The van der Waals surface area contributed by atoms with Crippen molar-refractivity contribution in [2.75, 3.05) is 5.32 Å². The van der Waals surface area contributed by atoms with Gasteiger partial charge in [0.05, 0.1) is 15.9 Å². The second-order valence-electron chi connectivity index (χ2n) is 7.98. The SMILES string of the molecule is Cc1cc(NC(=O)c2cc3ccccc3o2)n(-c2nc3cc4c(cc3s2)CCCC4)n1. The van der Waals surface area contributed by atoms with Gasteiger partial charge in [0.15, 0.2) is 5.76 Å². The molecule has 31 heavy (non-hydrogen) atoms. The predicted molar refractivity (Wildman–Crippen MR) is 122 cm³/mol. The lowest BCUT2D eigenvalue weighted by Crippen LogP contribution is -2.14. The first kappa shape index (κ1) is 18.3. The van der Waals surface area contributed by atoms with Crippen LogP contribution in [0.1, 0.15) is 40.2 Å². The molecule has 1 aliphatic carbocycles. The Bertz CT molecular complexity index is 1380. The van der Waals surface area contributed by atoms with E-state index in [0.29, 0.717) is 11.4 Å². The molecule has 6 nitrogen and oxygen atoms in total. The quantitative estimate of drug-likeness (QED) is 0.402. The summed E-state index contributed by atoms with van der Waals surface area (Å²) in [6, 6.07) is 15.7. The van der Waals surface area contributed by atoms with Crippen LogP contribution in [0.3, 0.4) is 0 Å². The number of carbonyl (C=O) groups is 1. The van der Waals surface area contributed by atoms with Crippen LogP contribution in [0.15, 0.2) is 52.9 Å². The number of rotatable bonds is 3. The molecule has 3 aromatic heterocycles. The number of hydrogen-bond acceptors (Lipinski definition) is 5. The third-order valence-corrected chi connectivity index (χ3v) is 6.74. The van der Waals surface area contributed by atoms with Gasteiger partial charge in [0.25, 0.3) is 5.91 Å². The second-order valence-corrected chi connectivity index (χ2v) is 8.99. The van der Waals surface area contributed by atoms with Crippen molar-refractivity contribution in [2.24, 2.45) is 0 Å². The summed E-state index contributed by atoms with van der Waals surface area (Å²) in [5, 5.41) is 9.16. The Labute approximate surface area is 182 Å². The highest BCUT2D eigenvalue weighted by Gasteiger charge is 2.19. The van der Waals surface area contributed by atoms with E-state index in [1.807, 2.05) is 37.3 Å². The molecule has 0 aliphatic heterocycles. The maximum atomic E-state index is 12.9. The van der Waals surface area contributed by atoms with E-state index >= 15 is 0 Å². The van der Waals surface area contributed by atoms with Crippen molar-refractivity contribution in [1.82, 2.24) is 14.8 Å². The molecule has 5 aromatic rings. The van der Waals surface area contributed by atoms with Crippen molar-refractivity contribution in [3.63, 3.8) is 0 Å². The number of aromatic nitrogens is 3. The molecule has 0 bridgehead atoms. The Morgan fingerprint density at radius 3 is 2.74 bits per heavy atom. The van der Waals surface area contributed by atoms with Crippen LogP contribution in [0, 0.1) is 6.92 Å². The third-order valence-electron chi connectivity index (χ3n) is 5.74. The highest BCUT2D eigenvalue weighted by molar-refractivity contribution is 7.20. The van der Waals surface area contributed by atoms with E-state index in [1.165, 1.54) is 24.0 Å². The van der Waals surface area contributed by atoms with Crippen molar-refractivity contribution in [2.45, 2.75) is 32.6 Å². The van der Waals surface area contributed by atoms with Gasteiger partial charge in [-0.2, -0.15) is 9.78 Å². The van der Waals surface area contributed by atoms with Gasteiger partial charge in [-0.05, 0) is 68.0 Å². The van der Waals surface area contributed by atoms with E-state index in [4.69, 9.17) is 9.40 Å². The molecule has 154 valence electrons. The zero-order valence-corrected chi connectivity index (χ0v) is 17.8. The average Bonchev–Trinajstić information content (AvgIpc) is 3.47. The minimum absolute atomic E-state index is 0.267. The highest BCUT2D eigenvalue weighted by Crippen LogP contribution is 2.32. The number of anilines is 1. The fraction of sp³-hybridized carbons (Fsp3) is 0.208. The number of amides is 1. The Kier molecular flexibility index (Phi) is 4.17. The first-order chi connectivity index (χ1) is 15.1. The van der Waals surface area contributed by atoms with Crippen LogP contribution in [0.25, 0.3) is 26.3 Å². The number of carbonyl (C=O) groups excluding carboxylic acids is 1. The number of nitrogens with one attached hydrogen (secondary N) is 1. The minimum Gasteiger partial charge on any atom is -0.451 e. The smallest absolute Gasteiger partial charge is 0.292 e. The van der Waals surface area contributed by atoms with Gasteiger partial charge in [-0.25, -0.2) is 4.98 Å². The third kappa shape index (κ3) is 3.21. The number of thiazole rings is 1. The summed E-state index contributed by atoms with van der Waals surface area (Å²) in [5.74, 6) is 0.532.